The number of carboxylic acids is 1. The molecule has 1 aliphatic rings. The highest BCUT2D eigenvalue weighted by Crippen LogP contribution is 2.36. The molecule has 1 aliphatic heterocycles. The van der Waals surface area contributed by atoms with Gasteiger partial charge in [-0.25, -0.2) is 13.2 Å². The summed E-state index contributed by atoms with van der Waals surface area (Å²) in [5, 5.41) is 14.0. The number of carbonyl (C=O) groups is 2. The van der Waals surface area contributed by atoms with Crippen LogP contribution in [0.5, 0.6) is 0 Å². The van der Waals surface area contributed by atoms with E-state index in [0.29, 0.717) is 6.42 Å². The predicted molar refractivity (Wildman–Crippen MR) is 160 cm³/mol. The molecule has 0 bridgehead atoms. The van der Waals surface area contributed by atoms with Crippen molar-refractivity contribution in [2.24, 2.45) is 7.05 Å². The number of halogens is 2. The minimum Gasteiger partial charge on any atom is -0.480 e. The molecule has 1 aromatic heterocycles. The summed E-state index contributed by atoms with van der Waals surface area (Å²) in [4.78, 5) is 25.6. The molecule has 1 fully saturated rings. The molecule has 41 heavy (non-hydrogen) atoms. The molecule has 2 N–H and O–H groups in total. The number of para-hydroxylation sites is 1. The highest BCUT2D eigenvalue weighted by Gasteiger charge is 2.50. The Hall–Kier alpha value is -3.37. The second-order valence-corrected chi connectivity index (χ2v) is 13.2. The minimum atomic E-state index is -4.14. The number of hydrogen-bond donors (Lipinski definition) is 2. The van der Waals surface area contributed by atoms with E-state index in [4.69, 9.17) is 23.2 Å². The number of benzene rings is 3. The number of sulfonamides is 1. The van der Waals surface area contributed by atoms with Gasteiger partial charge in [-0.05, 0) is 55.2 Å². The number of fused-ring (bicyclic) bond motifs is 1. The number of aliphatic carboxylic acids is 1. The Morgan fingerprint density at radius 3 is 2.39 bits per heavy atom. The van der Waals surface area contributed by atoms with E-state index >= 15 is 0 Å². The Bertz CT molecular complexity index is 1730. The average molecular weight is 615 g/mol. The van der Waals surface area contributed by atoms with Gasteiger partial charge in [0.15, 0.2) is 0 Å². The van der Waals surface area contributed by atoms with Gasteiger partial charge in [0.1, 0.15) is 11.6 Å². The van der Waals surface area contributed by atoms with Gasteiger partial charge in [0.25, 0.3) is 0 Å². The summed E-state index contributed by atoms with van der Waals surface area (Å²) in [7, 11) is -2.15. The van der Waals surface area contributed by atoms with Crippen molar-refractivity contribution >= 4 is 56.0 Å². The van der Waals surface area contributed by atoms with Gasteiger partial charge in [0.05, 0.1) is 10.4 Å². The van der Waals surface area contributed by atoms with Crippen LogP contribution >= 0.6 is 23.2 Å². The van der Waals surface area contributed by atoms with E-state index in [9.17, 15) is 23.1 Å². The van der Waals surface area contributed by atoms with Gasteiger partial charge in [-0.1, -0.05) is 65.7 Å². The molecule has 5 rings (SSSR count). The SMILES string of the molecule is Cn1ccc2cccc(-c3ccc(CC(NC(=O)[C@]4(C)CCCN4S(=O)(=O)c4cc(Cl)cc(Cl)c4)C(=O)O)cc3)c21. The summed E-state index contributed by atoms with van der Waals surface area (Å²) in [5.74, 6) is -1.89. The third-order valence-corrected chi connectivity index (χ3v) is 10.1. The third kappa shape index (κ3) is 5.59. The normalized spacial score (nSPS) is 18.4. The van der Waals surface area contributed by atoms with Gasteiger partial charge in [0, 0.05) is 47.2 Å². The first-order valence-electron chi connectivity index (χ1n) is 13.1. The summed E-state index contributed by atoms with van der Waals surface area (Å²) in [5.41, 5.74) is 2.37. The smallest absolute Gasteiger partial charge is 0.326 e. The van der Waals surface area contributed by atoms with Crippen LogP contribution in [0.15, 0.2) is 77.8 Å². The summed E-state index contributed by atoms with van der Waals surface area (Å²) in [6.07, 6.45) is 2.70. The molecular weight excluding hydrogens is 585 g/mol. The number of rotatable bonds is 8. The molecule has 3 aromatic carbocycles. The van der Waals surface area contributed by atoms with Gasteiger partial charge in [-0.2, -0.15) is 4.31 Å². The zero-order valence-corrected chi connectivity index (χ0v) is 24.8. The molecule has 4 aromatic rings. The third-order valence-electron chi connectivity index (χ3n) is 7.69. The van der Waals surface area contributed by atoms with Crippen LogP contribution in [0, 0.1) is 0 Å². The van der Waals surface area contributed by atoms with E-state index in [2.05, 4.69) is 22.0 Å². The van der Waals surface area contributed by atoms with E-state index in [1.165, 1.54) is 25.1 Å². The molecule has 214 valence electrons. The van der Waals surface area contributed by atoms with Crippen molar-refractivity contribution in [2.75, 3.05) is 6.54 Å². The summed E-state index contributed by atoms with van der Waals surface area (Å²) >= 11 is 12.1. The molecular formula is C30H29Cl2N3O5S. The number of carboxylic acid groups (broad SMARTS) is 1. The zero-order valence-electron chi connectivity index (χ0n) is 22.5. The minimum absolute atomic E-state index is 0.0302. The average Bonchev–Trinajstić information content (AvgIpc) is 3.52. The molecule has 1 saturated heterocycles. The monoisotopic (exact) mass is 613 g/mol. The zero-order chi connectivity index (χ0) is 29.5. The van der Waals surface area contributed by atoms with Crippen molar-refractivity contribution in [3.8, 4) is 11.1 Å². The van der Waals surface area contributed by atoms with Gasteiger partial charge in [0.2, 0.25) is 15.9 Å². The summed E-state index contributed by atoms with van der Waals surface area (Å²) in [6, 6.07) is 18.4. The lowest BCUT2D eigenvalue weighted by molar-refractivity contribution is -0.143. The number of amides is 1. The Morgan fingerprint density at radius 2 is 1.73 bits per heavy atom. The highest BCUT2D eigenvalue weighted by molar-refractivity contribution is 7.89. The van der Waals surface area contributed by atoms with E-state index < -0.39 is 33.5 Å². The molecule has 1 unspecified atom stereocenters. The van der Waals surface area contributed by atoms with Crippen LogP contribution in [0.25, 0.3) is 22.0 Å². The standard InChI is InChI=1S/C30H29Cl2N3O5S/c1-30(12-4-13-35(30)41(39,40)24-17-22(31)16-23(32)18-24)29(38)33-26(28(36)37)15-19-7-9-20(10-8-19)25-6-3-5-21-11-14-34(2)27(21)25/h3,5-11,14,16-18,26H,4,12-13,15H2,1-2H3,(H,33,38)(H,36,37)/t26?,30-/m0/s1. The summed E-state index contributed by atoms with van der Waals surface area (Å²) in [6.45, 7) is 1.61. The van der Waals surface area contributed by atoms with E-state index in [1.807, 2.05) is 49.6 Å². The van der Waals surface area contributed by atoms with Crippen LogP contribution in [0.3, 0.4) is 0 Å². The fraction of sp³-hybridized carbons (Fsp3) is 0.267. The van der Waals surface area contributed by atoms with Crippen LogP contribution in [0.2, 0.25) is 10.0 Å². The predicted octanol–water partition coefficient (Wildman–Crippen LogP) is 5.51. The van der Waals surface area contributed by atoms with E-state index in [1.54, 1.807) is 0 Å². The van der Waals surface area contributed by atoms with Gasteiger partial charge < -0.3 is 15.0 Å². The van der Waals surface area contributed by atoms with Crippen molar-refractivity contribution in [2.45, 2.75) is 42.7 Å². The van der Waals surface area contributed by atoms with Crippen molar-refractivity contribution < 1.29 is 23.1 Å². The molecule has 0 radical (unpaired) electrons. The molecule has 2 heterocycles. The van der Waals surface area contributed by atoms with Crippen LogP contribution in [-0.4, -0.2) is 52.4 Å². The first-order chi connectivity index (χ1) is 19.4. The van der Waals surface area contributed by atoms with Crippen LogP contribution in [0.1, 0.15) is 25.3 Å². The van der Waals surface area contributed by atoms with Crippen LogP contribution < -0.4 is 5.32 Å². The quantitative estimate of drug-likeness (QED) is 0.272. The van der Waals surface area contributed by atoms with E-state index in [0.717, 1.165) is 31.9 Å². The van der Waals surface area contributed by atoms with Crippen LogP contribution in [0.4, 0.5) is 0 Å². The number of nitrogens with one attached hydrogen (secondary N) is 1. The lowest BCUT2D eigenvalue weighted by Gasteiger charge is -2.34. The first-order valence-corrected chi connectivity index (χ1v) is 15.3. The highest BCUT2D eigenvalue weighted by atomic mass is 35.5. The molecule has 2 atom stereocenters. The largest absolute Gasteiger partial charge is 0.480 e. The van der Waals surface area contributed by atoms with Gasteiger partial charge in [-0.3, -0.25) is 4.79 Å². The Labute approximate surface area is 248 Å². The number of nitrogens with zero attached hydrogens (tertiary/aromatic N) is 2. The Kier molecular flexibility index (Phi) is 7.91. The van der Waals surface area contributed by atoms with Crippen molar-refractivity contribution in [1.29, 1.82) is 0 Å². The molecule has 0 spiro atoms. The first kappa shape index (κ1) is 29.1. The lowest BCUT2D eigenvalue weighted by Crippen LogP contribution is -2.58. The topological polar surface area (TPSA) is 109 Å². The van der Waals surface area contributed by atoms with Gasteiger partial charge >= 0.3 is 5.97 Å². The fourth-order valence-electron chi connectivity index (χ4n) is 5.51. The lowest BCUT2D eigenvalue weighted by atomic mass is 9.97. The maximum atomic E-state index is 13.5. The second-order valence-electron chi connectivity index (χ2n) is 10.5. The molecule has 8 nitrogen and oxygen atoms in total. The molecule has 0 saturated carbocycles. The number of aromatic nitrogens is 1. The number of carbonyl (C=O) groups excluding carboxylic acids is 1. The fourth-order valence-corrected chi connectivity index (χ4v) is 8.05. The number of aryl methyl sites for hydroxylation is 1. The van der Waals surface area contributed by atoms with Crippen molar-refractivity contribution in [1.82, 2.24) is 14.2 Å². The van der Waals surface area contributed by atoms with Crippen LogP contribution in [-0.2, 0) is 33.1 Å². The molecule has 11 heteroatoms. The van der Waals surface area contributed by atoms with Gasteiger partial charge in [-0.15, -0.1) is 0 Å². The number of hydrogen-bond acceptors (Lipinski definition) is 4. The Balaban J connectivity index is 1.35. The maximum Gasteiger partial charge on any atom is 0.326 e. The molecule has 1 amide bonds. The Morgan fingerprint density at radius 1 is 1.05 bits per heavy atom. The van der Waals surface area contributed by atoms with E-state index in [-0.39, 0.29) is 34.3 Å². The summed E-state index contributed by atoms with van der Waals surface area (Å²) < 4.78 is 30.2. The maximum absolute atomic E-state index is 13.5. The molecule has 0 aliphatic carbocycles. The van der Waals surface area contributed by atoms with Crippen molar-refractivity contribution in [3.05, 3.63) is 88.5 Å². The second kappa shape index (κ2) is 11.1. The van der Waals surface area contributed by atoms with Crippen molar-refractivity contribution in [3.63, 3.8) is 0 Å².